The van der Waals surface area contributed by atoms with Crippen molar-refractivity contribution in [3.05, 3.63) is 24.0 Å². The number of hydrogen-bond acceptors (Lipinski definition) is 4. The van der Waals surface area contributed by atoms with Crippen molar-refractivity contribution >= 4 is 16.7 Å². The summed E-state index contributed by atoms with van der Waals surface area (Å²) in [7, 11) is 0. The van der Waals surface area contributed by atoms with Crippen LogP contribution in [0.5, 0.6) is 0 Å². The average molecular weight is 288 g/mol. The highest BCUT2D eigenvalue weighted by Crippen LogP contribution is 2.24. The monoisotopic (exact) mass is 288 g/mol. The summed E-state index contributed by atoms with van der Waals surface area (Å²) in [6.07, 6.45) is 2.43. The molecule has 1 aliphatic heterocycles. The van der Waals surface area contributed by atoms with E-state index in [-0.39, 0.29) is 6.61 Å². The van der Waals surface area contributed by atoms with E-state index < -0.39 is 0 Å². The van der Waals surface area contributed by atoms with E-state index in [2.05, 4.69) is 21.4 Å². The third-order valence-corrected chi connectivity index (χ3v) is 4.59. The van der Waals surface area contributed by atoms with E-state index in [1.165, 1.54) is 25.9 Å². The molecule has 3 N–H and O–H groups in total. The van der Waals surface area contributed by atoms with Crippen LogP contribution in [0.2, 0.25) is 0 Å². The molecule has 0 saturated carbocycles. The zero-order valence-electron chi connectivity index (χ0n) is 12.6. The highest BCUT2D eigenvalue weighted by Gasteiger charge is 2.20. The quantitative estimate of drug-likeness (QED) is 0.843. The summed E-state index contributed by atoms with van der Waals surface area (Å²) in [5.41, 5.74) is 8.49. The molecule has 0 atom stereocenters. The van der Waals surface area contributed by atoms with Crippen LogP contribution in [0.1, 0.15) is 25.6 Å². The summed E-state index contributed by atoms with van der Waals surface area (Å²) in [5, 5.41) is 9.58. The van der Waals surface area contributed by atoms with E-state index in [4.69, 9.17) is 5.73 Å². The van der Waals surface area contributed by atoms with Crippen molar-refractivity contribution in [1.29, 1.82) is 0 Å². The third kappa shape index (κ3) is 2.89. The zero-order chi connectivity index (χ0) is 14.8. The topological polar surface area (TPSA) is 67.3 Å². The van der Waals surface area contributed by atoms with Gasteiger partial charge < -0.3 is 20.3 Å². The number of hydrogen-bond donors (Lipinski definition) is 2. The van der Waals surface area contributed by atoms with Gasteiger partial charge in [0, 0.05) is 12.2 Å². The SMILES string of the molecule is CCN1CCC(Cn2c(CO)nc3cc(N)ccc32)CC1. The molecule has 0 radical (unpaired) electrons. The van der Waals surface area contributed by atoms with Gasteiger partial charge in [0.2, 0.25) is 0 Å². The summed E-state index contributed by atoms with van der Waals surface area (Å²) in [5.74, 6) is 1.40. The Hall–Kier alpha value is -1.59. The molecule has 1 fully saturated rings. The largest absolute Gasteiger partial charge is 0.399 e. The third-order valence-electron chi connectivity index (χ3n) is 4.59. The maximum atomic E-state index is 9.58. The molecule has 5 nitrogen and oxygen atoms in total. The van der Waals surface area contributed by atoms with Gasteiger partial charge in [0.15, 0.2) is 0 Å². The maximum absolute atomic E-state index is 9.58. The van der Waals surface area contributed by atoms with E-state index in [0.717, 1.165) is 29.9 Å². The Labute approximate surface area is 125 Å². The Morgan fingerprint density at radius 2 is 2.10 bits per heavy atom. The highest BCUT2D eigenvalue weighted by molar-refractivity contribution is 5.79. The van der Waals surface area contributed by atoms with E-state index in [1.807, 2.05) is 18.2 Å². The molecule has 2 heterocycles. The first-order valence-electron chi connectivity index (χ1n) is 7.79. The summed E-state index contributed by atoms with van der Waals surface area (Å²) in [4.78, 5) is 7.01. The Morgan fingerprint density at radius 3 is 2.76 bits per heavy atom. The lowest BCUT2D eigenvalue weighted by molar-refractivity contribution is 0.178. The molecule has 3 rings (SSSR count). The van der Waals surface area contributed by atoms with Crippen molar-refractivity contribution in [2.24, 2.45) is 5.92 Å². The molecular formula is C16H24N4O. The van der Waals surface area contributed by atoms with Crippen molar-refractivity contribution in [3.8, 4) is 0 Å². The fourth-order valence-corrected chi connectivity index (χ4v) is 3.26. The lowest BCUT2D eigenvalue weighted by atomic mass is 9.96. The molecule has 0 bridgehead atoms. The summed E-state index contributed by atoms with van der Waals surface area (Å²) in [6.45, 7) is 6.63. The number of piperidine rings is 1. The molecule has 114 valence electrons. The van der Waals surface area contributed by atoms with E-state index in [1.54, 1.807) is 0 Å². The maximum Gasteiger partial charge on any atom is 0.135 e. The molecular weight excluding hydrogens is 264 g/mol. The van der Waals surface area contributed by atoms with Gasteiger partial charge in [0.25, 0.3) is 0 Å². The number of anilines is 1. The van der Waals surface area contributed by atoms with Gasteiger partial charge in [-0.2, -0.15) is 0 Å². The highest BCUT2D eigenvalue weighted by atomic mass is 16.3. The Morgan fingerprint density at radius 1 is 1.33 bits per heavy atom. The van der Waals surface area contributed by atoms with Crippen molar-refractivity contribution in [1.82, 2.24) is 14.5 Å². The Bertz CT molecular complexity index is 614. The van der Waals surface area contributed by atoms with Gasteiger partial charge in [-0.15, -0.1) is 0 Å². The van der Waals surface area contributed by atoms with Crippen LogP contribution in [0, 0.1) is 5.92 Å². The van der Waals surface area contributed by atoms with Gasteiger partial charge in [-0.1, -0.05) is 6.92 Å². The van der Waals surface area contributed by atoms with Crippen LogP contribution < -0.4 is 5.73 Å². The van der Waals surface area contributed by atoms with Crippen LogP contribution in [-0.2, 0) is 13.2 Å². The second-order valence-corrected chi connectivity index (χ2v) is 5.92. The number of aliphatic hydroxyl groups excluding tert-OH is 1. The van der Waals surface area contributed by atoms with E-state index in [0.29, 0.717) is 11.6 Å². The fourth-order valence-electron chi connectivity index (χ4n) is 3.26. The fraction of sp³-hybridized carbons (Fsp3) is 0.562. The first-order chi connectivity index (χ1) is 10.2. The molecule has 5 heteroatoms. The van der Waals surface area contributed by atoms with Crippen LogP contribution in [-0.4, -0.2) is 39.2 Å². The lowest BCUT2D eigenvalue weighted by Gasteiger charge is -2.31. The number of nitrogens with zero attached hydrogens (tertiary/aromatic N) is 3. The minimum Gasteiger partial charge on any atom is -0.399 e. The first-order valence-corrected chi connectivity index (χ1v) is 7.79. The molecule has 1 aromatic carbocycles. The van der Waals surface area contributed by atoms with Crippen molar-refractivity contribution in [2.75, 3.05) is 25.4 Å². The van der Waals surface area contributed by atoms with Gasteiger partial charge in [-0.05, 0) is 56.6 Å². The van der Waals surface area contributed by atoms with Gasteiger partial charge in [-0.3, -0.25) is 0 Å². The number of aliphatic hydroxyl groups is 1. The normalized spacial score (nSPS) is 17.6. The van der Waals surface area contributed by atoms with Crippen LogP contribution in [0.3, 0.4) is 0 Å². The summed E-state index contributed by atoms with van der Waals surface area (Å²) < 4.78 is 2.17. The number of rotatable bonds is 4. The van der Waals surface area contributed by atoms with Gasteiger partial charge in [0.05, 0.1) is 11.0 Å². The molecule has 0 unspecified atom stereocenters. The predicted molar refractivity (Wildman–Crippen MR) is 84.9 cm³/mol. The second kappa shape index (κ2) is 6.03. The minimum atomic E-state index is -0.0254. The Balaban J connectivity index is 1.83. The number of nitrogens with two attached hydrogens (primary N) is 1. The van der Waals surface area contributed by atoms with Crippen molar-refractivity contribution in [3.63, 3.8) is 0 Å². The molecule has 0 amide bonds. The molecule has 2 aromatic rings. The zero-order valence-corrected chi connectivity index (χ0v) is 12.6. The average Bonchev–Trinajstić information content (AvgIpc) is 2.85. The lowest BCUT2D eigenvalue weighted by Crippen LogP contribution is -2.34. The van der Waals surface area contributed by atoms with E-state index >= 15 is 0 Å². The molecule has 21 heavy (non-hydrogen) atoms. The predicted octanol–water partition coefficient (Wildman–Crippen LogP) is 1.84. The van der Waals surface area contributed by atoms with Crippen LogP contribution >= 0.6 is 0 Å². The van der Waals surface area contributed by atoms with Crippen LogP contribution in [0.4, 0.5) is 5.69 Å². The standard InChI is InChI=1S/C16H24N4O/c1-2-19-7-5-12(6-8-19)10-20-15-4-3-13(17)9-14(15)18-16(20)11-21/h3-4,9,12,21H,2,5-8,10-11,17H2,1H3. The number of fused-ring (bicyclic) bond motifs is 1. The van der Waals surface area contributed by atoms with Gasteiger partial charge >= 0.3 is 0 Å². The van der Waals surface area contributed by atoms with Crippen LogP contribution in [0.25, 0.3) is 11.0 Å². The number of likely N-dealkylation sites (tertiary alicyclic amines) is 1. The van der Waals surface area contributed by atoms with Gasteiger partial charge in [0.1, 0.15) is 12.4 Å². The summed E-state index contributed by atoms with van der Waals surface area (Å²) >= 11 is 0. The molecule has 0 aliphatic carbocycles. The summed E-state index contributed by atoms with van der Waals surface area (Å²) in [6, 6.07) is 5.80. The first kappa shape index (κ1) is 14.4. The van der Waals surface area contributed by atoms with Crippen molar-refractivity contribution < 1.29 is 5.11 Å². The number of aromatic nitrogens is 2. The van der Waals surface area contributed by atoms with E-state index in [9.17, 15) is 5.11 Å². The molecule has 1 aliphatic rings. The number of benzene rings is 1. The minimum absolute atomic E-state index is 0.0254. The second-order valence-electron chi connectivity index (χ2n) is 5.92. The smallest absolute Gasteiger partial charge is 0.135 e. The molecule has 1 saturated heterocycles. The van der Waals surface area contributed by atoms with Crippen LogP contribution in [0.15, 0.2) is 18.2 Å². The van der Waals surface area contributed by atoms with Crippen molar-refractivity contribution in [2.45, 2.75) is 32.9 Å². The Kier molecular flexibility index (Phi) is 4.12. The number of nitrogen functional groups attached to an aromatic ring is 1. The molecule has 0 spiro atoms. The molecule has 1 aromatic heterocycles. The number of imidazole rings is 1. The van der Waals surface area contributed by atoms with Gasteiger partial charge in [-0.25, -0.2) is 4.98 Å².